The number of ether oxygens (including phenoxy) is 1. The number of fused-ring (bicyclic) bond motifs is 1. The number of amides is 1. The molecule has 1 aromatic carbocycles. The van der Waals surface area contributed by atoms with Gasteiger partial charge in [0.15, 0.2) is 0 Å². The van der Waals surface area contributed by atoms with E-state index in [4.69, 9.17) is 16.3 Å². The molecular weight excluding hydrogens is 452 g/mol. The maximum Gasteiger partial charge on any atom is 0.419 e. The van der Waals surface area contributed by atoms with E-state index in [1.54, 1.807) is 33.8 Å². The monoisotopic (exact) mass is 473 g/mol. The molecule has 1 aliphatic heterocycles. The van der Waals surface area contributed by atoms with Crippen molar-refractivity contribution in [2.24, 2.45) is 0 Å². The van der Waals surface area contributed by atoms with Crippen LogP contribution in [0.25, 0.3) is 11.3 Å². The molecule has 0 bridgehead atoms. The molecule has 0 atom stereocenters. The van der Waals surface area contributed by atoms with Crippen LogP contribution in [-0.2, 0) is 11.2 Å². The highest BCUT2D eigenvalue weighted by Crippen LogP contribution is 2.35. The summed E-state index contributed by atoms with van der Waals surface area (Å²) >= 11 is 5.94. The summed E-state index contributed by atoms with van der Waals surface area (Å²) in [6, 6.07) is 6.42. The van der Waals surface area contributed by atoms with Crippen LogP contribution in [-0.4, -0.2) is 33.7 Å². The molecule has 33 heavy (non-hydrogen) atoms. The van der Waals surface area contributed by atoms with Gasteiger partial charge >= 0.3 is 6.09 Å². The number of nitrogens with zero attached hydrogens (tertiary/aromatic N) is 3. The number of halogens is 3. The molecule has 9 heteroatoms. The van der Waals surface area contributed by atoms with E-state index >= 15 is 0 Å². The molecule has 3 aromatic rings. The second-order valence-electron chi connectivity index (χ2n) is 8.80. The smallest absolute Gasteiger partial charge is 0.419 e. The Morgan fingerprint density at radius 1 is 1.18 bits per heavy atom. The zero-order chi connectivity index (χ0) is 24.1. The minimum Gasteiger partial charge on any atom is -0.443 e. The van der Waals surface area contributed by atoms with Gasteiger partial charge in [0.1, 0.15) is 22.4 Å². The molecule has 0 aliphatic carbocycles. The second-order valence-corrected chi connectivity index (χ2v) is 9.19. The van der Waals surface area contributed by atoms with Crippen molar-refractivity contribution in [1.82, 2.24) is 9.55 Å². The normalized spacial score (nSPS) is 13.8. The van der Waals surface area contributed by atoms with Crippen LogP contribution in [0.2, 0.25) is 5.15 Å². The summed E-state index contributed by atoms with van der Waals surface area (Å²) in [4.78, 5) is 32.1. The van der Waals surface area contributed by atoms with Crippen LogP contribution >= 0.6 is 11.6 Å². The quantitative estimate of drug-likeness (QED) is 0.443. The predicted octanol–water partition coefficient (Wildman–Crippen LogP) is 5.78. The number of carbonyl (C=O) groups is 2. The first kappa shape index (κ1) is 22.9. The molecule has 6 nitrogen and oxygen atoms in total. The molecule has 0 fully saturated rings. The van der Waals surface area contributed by atoms with E-state index in [0.717, 1.165) is 22.3 Å². The zero-order valence-corrected chi connectivity index (χ0v) is 19.3. The van der Waals surface area contributed by atoms with Crippen molar-refractivity contribution >= 4 is 29.3 Å². The van der Waals surface area contributed by atoms with Gasteiger partial charge < -0.3 is 9.64 Å². The number of rotatable bonds is 2. The van der Waals surface area contributed by atoms with E-state index in [1.165, 1.54) is 23.2 Å². The molecule has 2 aromatic heterocycles. The molecule has 1 aliphatic rings. The molecule has 0 spiro atoms. The highest BCUT2D eigenvalue weighted by Gasteiger charge is 2.35. The van der Waals surface area contributed by atoms with Crippen LogP contribution in [0.1, 0.15) is 42.4 Å². The van der Waals surface area contributed by atoms with Crippen molar-refractivity contribution in [3.63, 3.8) is 0 Å². The second kappa shape index (κ2) is 8.26. The molecule has 0 unspecified atom stereocenters. The molecule has 0 saturated carbocycles. The van der Waals surface area contributed by atoms with Gasteiger partial charge in [-0.3, -0.25) is 4.79 Å². The van der Waals surface area contributed by atoms with Crippen LogP contribution in [0.4, 0.5) is 19.3 Å². The van der Waals surface area contributed by atoms with Crippen molar-refractivity contribution in [3.05, 3.63) is 70.1 Å². The fourth-order valence-electron chi connectivity index (χ4n) is 3.92. The number of benzene rings is 1. The van der Waals surface area contributed by atoms with Crippen molar-refractivity contribution in [2.45, 2.75) is 39.7 Å². The largest absolute Gasteiger partial charge is 0.443 e. The number of pyridine rings is 1. The van der Waals surface area contributed by atoms with Crippen molar-refractivity contribution in [3.8, 4) is 11.3 Å². The lowest BCUT2D eigenvalue weighted by molar-refractivity contribution is 0.0535. The van der Waals surface area contributed by atoms with Crippen molar-refractivity contribution in [2.75, 3.05) is 11.4 Å². The fourth-order valence-corrected chi connectivity index (χ4v) is 4.13. The molecule has 172 valence electrons. The average Bonchev–Trinajstić information content (AvgIpc) is 3.08. The van der Waals surface area contributed by atoms with Gasteiger partial charge in [0.05, 0.1) is 28.7 Å². The van der Waals surface area contributed by atoms with Gasteiger partial charge in [-0.25, -0.2) is 23.1 Å². The Bertz CT molecular complexity index is 1260. The minimum atomic E-state index is -0.851. The zero-order valence-electron chi connectivity index (χ0n) is 18.6. The summed E-state index contributed by atoms with van der Waals surface area (Å²) in [5, 5.41) is 0.301. The Kier molecular flexibility index (Phi) is 5.74. The Hall–Kier alpha value is -3.26. The Morgan fingerprint density at radius 2 is 1.85 bits per heavy atom. The molecule has 0 N–H and O–H groups in total. The number of aromatic nitrogens is 2. The molecule has 0 radical (unpaired) electrons. The Morgan fingerprint density at radius 3 is 2.45 bits per heavy atom. The molecule has 4 rings (SSSR count). The number of aryl methyl sites for hydroxylation is 1. The Balaban J connectivity index is 1.89. The maximum atomic E-state index is 14.7. The summed E-state index contributed by atoms with van der Waals surface area (Å²) in [5.41, 5.74) is 0.488. The number of hydrogen-bond acceptors (Lipinski definition) is 4. The molecule has 1 amide bonds. The van der Waals surface area contributed by atoms with Crippen LogP contribution in [0.3, 0.4) is 0 Å². The number of anilines is 1. The minimum absolute atomic E-state index is 0.0778. The van der Waals surface area contributed by atoms with Gasteiger partial charge in [-0.15, -0.1) is 0 Å². The highest BCUT2D eigenvalue weighted by atomic mass is 35.5. The third kappa shape index (κ3) is 4.23. The van der Waals surface area contributed by atoms with Crippen LogP contribution in [0.5, 0.6) is 0 Å². The lowest BCUT2D eigenvalue weighted by Gasteiger charge is -2.29. The number of carbonyl (C=O) groups excluding carboxylic acids is 2. The van der Waals surface area contributed by atoms with E-state index in [1.807, 2.05) is 0 Å². The third-order valence-electron chi connectivity index (χ3n) is 5.29. The topological polar surface area (TPSA) is 64.4 Å². The molecule has 3 heterocycles. The first-order valence-electron chi connectivity index (χ1n) is 10.3. The maximum absolute atomic E-state index is 14.7. The van der Waals surface area contributed by atoms with E-state index in [0.29, 0.717) is 16.5 Å². The SMILES string of the molecule is Cc1cc(Cl)ncc1N1CCc2c(cc(-c3c(F)cccc3F)n2C(=O)OC(C)(C)C)C1=O. The van der Waals surface area contributed by atoms with E-state index < -0.39 is 34.8 Å². The summed E-state index contributed by atoms with van der Waals surface area (Å²) < 4.78 is 36.0. The van der Waals surface area contributed by atoms with Crippen LogP contribution < -0.4 is 4.90 Å². The lowest BCUT2D eigenvalue weighted by atomic mass is 10.0. The standard InChI is InChI=1S/C24H22ClF2N3O3/c1-13-10-20(25)28-12-19(13)29-9-8-17-14(22(29)31)11-18(21-15(26)6-5-7-16(21)27)30(17)23(32)33-24(2,3)4/h5-7,10-12H,8-9H2,1-4H3. The lowest BCUT2D eigenvalue weighted by Crippen LogP contribution is -2.39. The first-order chi connectivity index (χ1) is 15.5. The van der Waals surface area contributed by atoms with Crippen molar-refractivity contribution in [1.29, 1.82) is 0 Å². The fraction of sp³-hybridized carbons (Fsp3) is 0.292. The van der Waals surface area contributed by atoms with Crippen LogP contribution in [0.15, 0.2) is 36.5 Å². The van der Waals surface area contributed by atoms with Gasteiger partial charge in [-0.2, -0.15) is 0 Å². The van der Waals surface area contributed by atoms with Gasteiger partial charge in [-0.1, -0.05) is 17.7 Å². The van der Waals surface area contributed by atoms with Gasteiger partial charge in [0.25, 0.3) is 5.91 Å². The summed E-state index contributed by atoms with van der Waals surface area (Å²) in [6.07, 6.45) is 0.952. The summed E-state index contributed by atoms with van der Waals surface area (Å²) in [6.45, 7) is 7.11. The first-order valence-corrected chi connectivity index (χ1v) is 10.7. The van der Waals surface area contributed by atoms with Crippen LogP contribution in [0, 0.1) is 18.6 Å². The third-order valence-corrected chi connectivity index (χ3v) is 5.49. The predicted molar refractivity (Wildman–Crippen MR) is 121 cm³/mol. The van der Waals surface area contributed by atoms with Gasteiger partial charge in [-0.05, 0) is 57.5 Å². The summed E-state index contributed by atoms with van der Waals surface area (Å²) in [5.74, 6) is -2.11. The molecular formula is C24H22ClF2N3O3. The molecule has 0 saturated heterocycles. The average molecular weight is 474 g/mol. The highest BCUT2D eigenvalue weighted by molar-refractivity contribution is 6.29. The van der Waals surface area contributed by atoms with Gasteiger partial charge in [0.2, 0.25) is 0 Å². The summed E-state index contributed by atoms with van der Waals surface area (Å²) in [7, 11) is 0. The van der Waals surface area contributed by atoms with E-state index in [9.17, 15) is 18.4 Å². The number of hydrogen-bond donors (Lipinski definition) is 0. The van der Waals surface area contributed by atoms with E-state index in [-0.39, 0.29) is 24.2 Å². The Labute approximate surface area is 194 Å². The van der Waals surface area contributed by atoms with Crippen molar-refractivity contribution < 1.29 is 23.1 Å². The van der Waals surface area contributed by atoms with E-state index in [2.05, 4.69) is 4.98 Å². The van der Waals surface area contributed by atoms with Gasteiger partial charge in [0, 0.05) is 18.7 Å².